The second kappa shape index (κ2) is 5.90. The molecule has 0 amide bonds. The Morgan fingerprint density at radius 3 is 2.48 bits per heavy atom. The first-order chi connectivity index (χ1) is 9.77. The zero-order valence-electron chi connectivity index (χ0n) is 10.3. The van der Waals surface area contributed by atoms with Crippen molar-refractivity contribution in [2.24, 2.45) is 5.73 Å². The smallest absolute Gasteiger partial charge is 0.384 e. The van der Waals surface area contributed by atoms with E-state index in [1.165, 1.54) is 6.20 Å². The van der Waals surface area contributed by atoms with E-state index in [0.717, 1.165) is 23.9 Å². The minimum absolute atomic E-state index is 0.0350. The van der Waals surface area contributed by atoms with Crippen LogP contribution in [0.3, 0.4) is 0 Å². The average molecular weight is 333 g/mol. The molecule has 0 radical (unpaired) electrons. The number of nitrogens with zero attached hydrogens (tertiary/aromatic N) is 2. The molecule has 0 fully saturated rings. The molecule has 0 aliphatic carbocycles. The van der Waals surface area contributed by atoms with E-state index < -0.39 is 11.9 Å². The summed E-state index contributed by atoms with van der Waals surface area (Å²) in [7, 11) is 0. The van der Waals surface area contributed by atoms with Crippen molar-refractivity contribution in [3.05, 3.63) is 46.7 Å². The molecule has 0 saturated carbocycles. The van der Waals surface area contributed by atoms with Gasteiger partial charge in [-0.3, -0.25) is 5.41 Å². The number of nitrogen functional groups attached to an aromatic ring is 1. The van der Waals surface area contributed by atoms with Crippen LogP contribution in [0.2, 0.25) is 5.02 Å². The van der Waals surface area contributed by atoms with Gasteiger partial charge in [0.25, 0.3) is 0 Å². The number of rotatable bonds is 3. The summed E-state index contributed by atoms with van der Waals surface area (Å²) >= 11 is 6.57. The normalized spacial score (nSPS) is 11.4. The molecule has 2 heterocycles. The quantitative estimate of drug-likeness (QED) is 0.665. The lowest BCUT2D eigenvalue weighted by Crippen LogP contribution is -2.16. The summed E-state index contributed by atoms with van der Waals surface area (Å²) in [5.41, 5.74) is 4.42. The molecule has 0 atom stereocenters. The topological polar surface area (TPSA) is 75.7 Å². The predicted octanol–water partition coefficient (Wildman–Crippen LogP) is 3.58. The fourth-order valence-corrected chi connectivity index (χ4v) is 2.39. The van der Waals surface area contributed by atoms with E-state index >= 15 is 0 Å². The van der Waals surface area contributed by atoms with E-state index in [1.807, 2.05) is 0 Å². The lowest BCUT2D eigenvalue weighted by molar-refractivity contribution is -0.141. The van der Waals surface area contributed by atoms with Crippen LogP contribution >= 0.6 is 23.4 Å². The van der Waals surface area contributed by atoms with Crippen molar-refractivity contribution in [1.82, 2.24) is 9.97 Å². The van der Waals surface area contributed by atoms with Crippen molar-refractivity contribution in [1.29, 1.82) is 5.41 Å². The van der Waals surface area contributed by atoms with Crippen molar-refractivity contribution >= 4 is 29.2 Å². The minimum atomic E-state index is -4.57. The zero-order valence-corrected chi connectivity index (χ0v) is 11.9. The lowest BCUT2D eigenvalue weighted by Gasteiger charge is -2.11. The summed E-state index contributed by atoms with van der Waals surface area (Å²) in [4.78, 5) is 7.49. The summed E-state index contributed by atoms with van der Waals surface area (Å²) in [6.07, 6.45) is -3.21. The van der Waals surface area contributed by atoms with Gasteiger partial charge >= 0.3 is 6.18 Å². The van der Waals surface area contributed by atoms with Gasteiger partial charge in [-0.2, -0.15) is 13.2 Å². The van der Waals surface area contributed by atoms with Crippen molar-refractivity contribution in [2.45, 2.75) is 16.2 Å². The number of hydrogen-bond acceptors (Lipinski definition) is 4. The first kappa shape index (κ1) is 15.6. The number of hydrogen-bond donors (Lipinski definition) is 2. The van der Waals surface area contributed by atoms with Gasteiger partial charge in [-0.25, -0.2) is 9.97 Å². The fourth-order valence-electron chi connectivity index (χ4n) is 1.40. The van der Waals surface area contributed by atoms with Crippen LogP contribution in [0.25, 0.3) is 0 Å². The number of aromatic nitrogens is 2. The SMILES string of the molecule is N=C(N)c1ccc(C(F)(F)F)nc1Sc1ccc(Cl)cn1. The van der Waals surface area contributed by atoms with Crippen molar-refractivity contribution in [2.75, 3.05) is 0 Å². The Balaban J connectivity index is 2.43. The van der Waals surface area contributed by atoms with E-state index in [4.69, 9.17) is 22.7 Å². The van der Waals surface area contributed by atoms with Gasteiger partial charge in [0.2, 0.25) is 0 Å². The van der Waals surface area contributed by atoms with Gasteiger partial charge in [0.05, 0.1) is 5.02 Å². The van der Waals surface area contributed by atoms with Gasteiger partial charge in [-0.05, 0) is 36.0 Å². The number of halogens is 4. The molecule has 21 heavy (non-hydrogen) atoms. The standard InChI is InChI=1S/C12H8ClF3N4S/c13-6-1-4-9(19-5-6)21-11-7(10(17)18)2-3-8(20-11)12(14,15)16/h1-5H,(H3,17,18). The van der Waals surface area contributed by atoms with Crippen LogP contribution in [-0.4, -0.2) is 15.8 Å². The Bertz CT molecular complexity index is 673. The maximum Gasteiger partial charge on any atom is 0.433 e. The van der Waals surface area contributed by atoms with Crippen LogP contribution in [0.5, 0.6) is 0 Å². The highest BCUT2D eigenvalue weighted by atomic mass is 35.5. The van der Waals surface area contributed by atoms with Crippen LogP contribution in [0.4, 0.5) is 13.2 Å². The second-order valence-electron chi connectivity index (χ2n) is 3.88. The number of pyridine rings is 2. The molecule has 3 N–H and O–H groups in total. The third-order valence-electron chi connectivity index (χ3n) is 2.34. The molecule has 4 nitrogen and oxygen atoms in total. The van der Waals surface area contributed by atoms with Gasteiger partial charge in [-0.15, -0.1) is 0 Å². The highest BCUT2D eigenvalue weighted by Gasteiger charge is 2.33. The van der Waals surface area contributed by atoms with Crippen LogP contribution in [0.1, 0.15) is 11.3 Å². The van der Waals surface area contributed by atoms with Gasteiger partial charge in [0, 0.05) is 11.8 Å². The number of alkyl halides is 3. The highest BCUT2D eigenvalue weighted by molar-refractivity contribution is 7.99. The minimum Gasteiger partial charge on any atom is -0.384 e. The van der Waals surface area contributed by atoms with E-state index in [-0.39, 0.29) is 16.4 Å². The Morgan fingerprint density at radius 1 is 1.24 bits per heavy atom. The summed E-state index contributed by atoms with van der Waals surface area (Å²) in [6.45, 7) is 0. The van der Waals surface area contributed by atoms with Gasteiger partial charge in [0.1, 0.15) is 21.6 Å². The number of amidine groups is 1. The monoisotopic (exact) mass is 332 g/mol. The molecular formula is C12H8ClF3N4S. The second-order valence-corrected chi connectivity index (χ2v) is 5.32. The summed E-state index contributed by atoms with van der Waals surface area (Å²) in [5, 5.41) is 8.17. The highest BCUT2D eigenvalue weighted by Crippen LogP contribution is 2.33. The first-order valence-electron chi connectivity index (χ1n) is 5.49. The largest absolute Gasteiger partial charge is 0.433 e. The Labute approximate surface area is 127 Å². The lowest BCUT2D eigenvalue weighted by atomic mass is 10.2. The summed E-state index contributed by atoms with van der Waals surface area (Å²) < 4.78 is 38.1. The molecule has 2 aromatic heterocycles. The Kier molecular flexibility index (Phi) is 4.38. The molecule has 110 valence electrons. The van der Waals surface area contributed by atoms with Gasteiger partial charge in [0.15, 0.2) is 0 Å². The molecule has 2 aromatic rings. The molecule has 9 heteroatoms. The zero-order chi connectivity index (χ0) is 15.6. The predicted molar refractivity (Wildman–Crippen MR) is 73.6 cm³/mol. The average Bonchev–Trinajstić information content (AvgIpc) is 2.40. The maximum absolute atomic E-state index is 12.7. The van der Waals surface area contributed by atoms with Crippen LogP contribution in [0.15, 0.2) is 40.5 Å². The van der Waals surface area contributed by atoms with E-state index in [0.29, 0.717) is 10.0 Å². The Morgan fingerprint density at radius 2 is 1.95 bits per heavy atom. The van der Waals surface area contributed by atoms with E-state index in [9.17, 15) is 13.2 Å². The Hall–Kier alpha value is -1.80. The number of nitrogens with one attached hydrogen (secondary N) is 1. The van der Waals surface area contributed by atoms with E-state index in [1.54, 1.807) is 12.1 Å². The first-order valence-corrected chi connectivity index (χ1v) is 6.69. The molecular weight excluding hydrogens is 325 g/mol. The van der Waals surface area contributed by atoms with Crippen LogP contribution in [0, 0.1) is 5.41 Å². The number of nitrogens with two attached hydrogens (primary N) is 1. The van der Waals surface area contributed by atoms with Crippen LogP contribution < -0.4 is 5.73 Å². The van der Waals surface area contributed by atoms with Gasteiger partial charge in [-0.1, -0.05) is 11.6 Å². The van der Waals surface area contributed by atoms with Crippen molar-refractivity contribution in [3.8, 4) is 0 Å². The molecule has 2 rings (SSSR count). The molecule has 0 bridgehead atoms. The van der Waals surface area contributed by atoms with Crippen molar-refractivity contribution < 1.29 is 13.2 Å². The molecule has 0 aromatic carbocycles. The molecule has 0 saturated heterocycles. The molecule has 0 spiro atoms. The van der Waals surface area contributed by atoms with Crippen molar-refractivity contribution in [3.63, 3.8) is 0 Å². The van der Waals surface area contributed by atoms with E-state index in [2.05, 4.69) is 9.97 Å². The third kappa shape index (κ3) is 3.85. The molecule has 0 aliphatic heterocycles. The third-order valence-corrected chi connectivity index (χ3v) is 3.52. The molecule has 0 unspecified atom stereocenters. The fraction of sp³-hybridized carbons (Fsp3) is 0.0833. The maximum atomic E-state index is 12.7. The van der Waals surface area contributed by atoms with Crippen LogP contribution in [-0.2, 0) is 6.18 Å². The summed E-state index contributed by atoms with van der Waals surface area (Å²) in [6, 6.07) is 5.00. The van der Waals surface area contributed by atoms with Gasteiger partial charge < -0.3 is 5.73 Å². The summed E-state index contributed by atoms with van der Waals surface area (Å²) in [5.74, 6) is -0.368. The molecule has 0 aliphatic rings.